The fourth-order valence-electron chi connectivity index (χ4n) is 8.00. The van der Waals surface area contributed by atoms with Crippen molar-refractivity contribution in [2.45, 2.75) is 56.8 Å². The Kier molecular flexibility index (Phi) is 9.16. The van der Waals surface area contributed by atoms with Crippen LogP contribution in [0.25, 0.3) is 44.8 Å². The van der Waals surface area contributed by atoms with Gasteiger partial charge in [0.15, 0.2) is 0 Å². The van der Waals surface area contributed by atoms with Crippen molar-refractivity contribution in [3.05, 3.63) is 192 Å². The summed E-state index contributed by atoms with van der Waals surface area (Å²) in [7, 11) is 0. The first kappa shape index (κ1) is 32.6. The van der Waals surface area contributed by atoms with E-state index in [2.05, 4.69) is 184 Å². The Hall–Kier alpha value is -5.60. The molecule has 51 heavy (non-hydrogen) atoms. The van der Waals surface area contributed by atoms with Crippen LogP contribution in [0, 0.1) is 0 Å². The van der Waals surface area contributed by atoms with Crippen molar-refractivity contribution < 1.29 is 0 Å². The minimum atomic E-state index is -0.411. The molecule has 5 aromatic carbocycles. The Bertz CT molecular complexity index is 2170. The summed E-state index contributed by atoms with van der Waals surface area (Å²) in [6.45, 7) is 4.61. The van der Waals surface area contributed by atoms with Crippen LogP contribution in [0.15, 0.2) is 170 Å². The minimum absolute atomic E-state index is 0.396. The molecular formula is C49H44N2. The van der Waals surface area contributed by atoms with Crippen LogP contribution in [0.2, 0.25) is 0 Å². The van der Waals surface area contributed by atoms with Gasteiger partial charge in [0, 0.05) is 16.5 Å². The second-order valence-electron chi connectivity index (χ2n) is 14.5. The Morgan fingerprint density at radius 3 is 1.53 bits per heavy atom. The van der Waals surface area contributed by atoms with Crippen LogP contribution in [0.5, 0.6) is 0 Å². The molecule has 1 saturated carbocycles. The van der Waals surface area contributed by atoms with Gasteiger partial charge in [0.25, 0.3) is 0 Å². The highest BCUT2D eigenvalue weighted by Crippen LogP contribution is 2.46. The monoisotopic (exact) mass is 660 g/mol. The molecule has 0 saturated heterocycles. The Labute approximate surface area is 302 Å². The first-order valence-corrected chi connectivity index (χ1v) is 18.4. The Morgan fingerprint density at radius 2 is 0.961 bits per heavy atom. The van der Waals surface area contributed by atoms with Gasteiger partial charge in [-0.15, -0.1) is 0 Å². The van der Waals surface area contributed by atoms with Crippen molar-refractivity contribution >= 4 is 0 Å². The lowest BCUT2D eigenvalue weighted by Crippen LogP contribution is -2.26. The molecular weight excluding hydrogens is 617 g/mol. The van der Waals surface area contributed by atoms with Crippen molar-refractivity contribution in [3.63, 3.8) is 0 Å². The maximum absolute atomic E-state index is 5.53. The maximum Gasteiger partial charge on any atom is 0.0705 e. The number of rotatable bonds is 8. The smallest absolute Gasteiger partial charge is 0.0705 e. The molecule has 0 bridgehead atoms. The van der Waals surface area contributed by atoms with E-state index in [-0.39, 0.29) is 0 Å². The number of aromatic nitrogens is 2. The highest BCUT2D eigenvalue weighted by atomic mass is 14.8. The first-order chi connectivity index (χ1) is 25.0. The van der Waals surface area contributed by atoms with E-state index in [1.807, 2.05) is 0 Å². The molecule has 2 aromatic heterocycles. The lowest BCUT2D eigenvalue weighted by Gasteiger charge is -2.34. The van der Waals surface area contributed by atoms with Crippen LogP contribution in [0.4, 0.5) is 0 Å². The van der Waals surface area contributed by atoms with Crippen molar-refractivity contribution in [1.82, 2.24) is 9.97 Å². The normalized spacial score (nSPS) is 16.1. The molecule has 2 heterocycles. The summed E-state index contributed by atoms with van der Waals surface area (Å²) in [4.78, 5) is 10.8. The predicted molar refractivity (Wildman–Crippen MR) is 213 cm³/mol. The van der Waals surface area contributed by atoms with Crippen LogP contribution < -0.4 is 0 Å². The van der Waals surface area contributed by atoms with Gasteiger partial charge in [-0.05, 0) is 103 Å². The van der Waals surface area contributed by atoms with E-state index in [1.54, 1.807) is 0 Å². The van der Waals surface area contributed by atoms with Gasteiger partial charge in [0.2, 0.25) is 0 Å². The summed E-state index contributed by atoms with van der Waals surface area (Å²) in [5.41, 5.74) is 13.9. The summed E-state index contributed by atoms with van der Waals surface area (Å²) in [5.74, 6) is 0.854. The van der Waals surface area contributed by atoms with Gasteiger partial charge in [-0.1, -0.05) is 152 Å². The topological polar surface area (TPSA) is 25.8 Å². The lowest BCUT2D eigenvalue weighted by atomic mass is 9.71. The number of hydrogen-bond donors (Lipinski definition) is 0. The number of pyridine rings is 2. The molecule has 0 aliphatic heterocycles. The van der Waals surface area contributed by atoms with E-state index in [9.17, 15) is 0 Å². The molecule has 1 fully saturated rings. The van der Waals surface area contributed by atoms with Gasteiger partial charge in [-0.3, -0.25) is 9.97 Å². The maximum atomic E-state index is 5.53. The van der Waals surface area contributed by atoms with Crippen molar-refractivity contribution in [2.24, 2.45) is 0 Å². The van der Waals surface area contributed by atoms with Gasteiger partial charge in [0.1, 0.15) is 0 Å². The van der Waals surface area contributed by atoms with Crippen LogP contribution in [-0.4, -0.2) is 9.97 Å². The molecule has 8 rings (SSSR count). The zero-order chi connectivity index (χ0) is 34.6. The molecule has 7 aromatic rings. The largest absolute Gasteiger partial charge is 0.252 e. The third-order valence-electron chi connectivity index (χ3n) is 10.8. The molecule has 1 aliphatic rings. The predicted octanol–water partition coefficient (Wildman–Crippen LogP) is 12.9. The molecule has 0 amide bonds. The second-order valence-corrected chi connectivity index (χ2v) is 14.5. The molecule has 0 N–H and O–H groups in total. The van der Waals surface area contributed by atoms with E-state index in [0.717, 1.165) is 46.7 Å². The van der Waals surface area contributed by atoms with E-state index >= 15 is 0 Å². The highest BCUT2D eigenvalue weighted by Gasteiger charge is 2.34. The molecule has 2 unspecified atom stereocenters. The minimum Gasteiger partial charge on any atom is -0.252 e. The van der Waals surface area contributed by atoms with Crippen LogP contribution >= 0.6 is 0 Å². The third-order valence-corrected chi connectivity index (χ3v) is 10.8. The highest BCUT2D eigenvalue weighted by molar-refractivity contribution is 5.74. The van der Waals surface area contributed by atoms with Gasteiger partial charge >= 0.3 is 0 Å². The van der Waals surface area contributed by atoms with Crippen LogP contribution in [0.3, 0.4) is 0 Å². The molecule has 0 spiro atoms. The molecule has 0 radical (unpaired) electrons. The first-order valence-electron chi connectivity index (χ1n) is 18.4. The number of benzene rings is 5. The standard InChI is InChI=1S/C49H44N2/c1-49(2,47-28-16-27-45(50-47)37-21-11-5-12-22-37)48-44(29-30-46(51-48)38-23-13-6-14-24-38)40-26-15-25-39(31-40)43-33-41(35-17-7-3-8-18-35)32-42(34-43)36-19-9-4-10-20-36/h3-14,16-24,27-30,32-34,39-40H,15,25-26,31H2,1-2H3. The van der Waals surface area contributed by atoms with Gasteiger partial charge in [-0.25, -0.2) is 0 Å². The number of hydrogen-bond acceptors (Lipinski definition) is 2. The van der Waals surface area contributed by atoms with Gasteiger partial charge in [-0.2, -0.15) is 0 Å². The van der Waals surface area contributed by atoms with E-state index < -0.39 is 5.41 Å². The van der Waals surface area contributed by atoms with Crippen molar-refractivity contribution in [3.8, 4) is 44.8 Å². The molecule has 2 nitrogen and oxygen atoms in total. The Morgan fingerprint density at radius 1 is 0.451 bits per heavy atom. The zero-order valence-corrected chi connectivity index (χ0v) is 29.5. The molecule has 250 valence electrons. The fraction of sp³-hybridized carbons (Fsp3) is 0.184. The third kappa shape index (κ3) is 6.92. The molecule has 2 atom stereocenters. The zero-order valence-electron chi connectivity index (χ0n) is 29.5. The van der Waals surface area contributed by atoms with E-state index in [0.29, 0.717) is 11.8 Å². The van der Waals surface area contributed by atoms with Crippen LogP contribution in [0.1, 0.15) is 73.9 Å². The van der Waals surface area contributed by atoms with E-state index in [4.69, 9.17) is 9.97 Å². The van der Waals surface area contributed by atoms with Crippen molar-refractivity contribution in [1.29, 1.82) is 0 Å². The molecule has 1 aliphatic carbocycles. The molecule has 2 heteroatoms. The lowest BCUT2D eigenvalue weighted by molar-refractivity contribution is 0.388. The summed E-state index contributed by atoms with van der Waals surface area (Å²) < 4.78 is 0. The average molecular weight is 661 g/mol. The summed E-state index contributed by atoms with van der Waals surface area (Å²) in [6, 6.07) is 61.1. The average Bonchev–Trinajstić information content (AvgIpc) is 3.22. The second kappa shape index (κ2) is 14.3. The quantitative estimate of drug-likeness (QED) is 0.162. The van der Waals surface area contributed by atoms with Gasteiger partial charge < -0.3 is 0 Å². The summed E-state index contributed by atoms with van der Waals surface area (Å²) >= 11 is 0. The number of nitrogens with zero attached hydrogens (tertiary/aromatic N) is 2. The van der Waals surface area contributed by atoms with Crippen molar-refractivity contribution in [2.75, 3.05) is 0 Å². The van der Waals surface area contributed by atoms with Gasteiger partial charge in [0.05, 0.1) is 22.8 Å². The van der Waals surface area contributed by atoms with E-state index in [1.165, 1.54) is 46.2 Å². The summed E-state index contributed by atoms with van der Waals surface area (Å²) in [5, 5.41) is 0. The summed E-state index contributed by atoms with van der Waals surface area (Å²) in [6.07, 6.45) is 4.64. The fourth-order valence-corrected chi connectivity index (χ4v) is 8.00. The Balaban J connectivity index is 1.20. The SMILES string of the molecule is CC(C)(c1cccc(-c2ccccc2)n1)c1nc(-c2ccccc2)ccc1C1CCCC(c2cc(-c3ccccc3)cc(-c3ccccc3)c2)C1. The van der Waals surface area contributed by atoms with Crippen LogP contribution in [-0.2, 0) is 5.41 Å².